The van der Waals surface area contributed by atoms with Crippen molar-refractivity contribution in [3.8, 4) is 11.3 Å². The van der Waals surface area contributed by atoms with Crippen LogP contribution in [0.1, 0.15) is 39.6 Å². The number of imidazole rings is 1. The minimum atomic E-state index is -1.28. The quantitative estimate of drug-likeness (QED) is 0.410. The van der Waals surface area contributed by atoms with E-state index in [9.17, 15) is 15.3 Å². The van der Waals surface area contributed by atoms with Crippen molar-refractivity contribution in [3.05, 3.63) is 35.0 Å². The van der Waals surface area contributed by atoms with Gasteiger partial charge in [0.15, 0.2) is 12.1 Å². The second kappa shape index (κ2) is 8.61. The highest BCUT2D eigenvalue weighted by molar-refractivity contribution is 6.33. The Hall–Kier alpha value is -2.41. The number of halogens is 2. The number of aliphatic hydroxyl groups is 3. The summed E-state index contributed by atoms with van der Waals surface area (Å²) >= 11 is 6.39. The molecule has 0 spiro atoms. The fourth-order valence-corrected chi connectivity index (χ4v) is 4.80. The second-order valence-electron chi connectivity index (χ2n) is 9.70. The molecule has 2 saturated heterocycles. The molecule has 0 amide bonds. The van der Waals surface area contributed by atoms with E-state index in [1.807, 2.05) is 13.8 Å². The average Bonchev–Trinajstić information content (AvgIpc) is 3.40. The van der Waals surface area contributed by atoms with Gasteiger partial charge >= 0.3 is 0 Å². The Morgan fingerprint density at radius 1 is 1.23 bits per heavy atom. The summed E-state index contributed by atoms with van der Waals surface area (Å²) in [6.45, 7) is 7.20. The van der Waals surface area contributed by atoms with Crippen molar-refractivity contribution in [2.45, 2.75) is 70.0 Å². The van der Waals surface area contributed by atoms with E-state index in [-0.39, 0.29) is 34.8 Å². The third kappa shape index (κ3) is 4.15. The minimum Gasteiger partial charge on any atom is -0.388 e. The summed E-state index contributed by atoms with van der Waals surface area (Å²) < 4.78 is 27.8. The molecule has 0 saturated carbocycles. The van der Waals surface area contributed by atoms with E-state index < -0.39 is 42.1 Å². The minimum absolute atomic E-state index is 0.0869. The molecule has 35 heavy (non-hydrogen) atoms. The Kier molecular flexibility index (Phi) is 5.98. The van der Waals surface area contributed by atoms with Gasteiger partial charge in [-0.3, -0.25) is 0 Å². The number of rotatable bonds is 5. The standard InChI is InChI=1S/C23H27ClFN5O5/c1-9(2)30-13-6-10(5-12(25)16(13)27-21(30)23(3,4)33)15-11(24)7-26-22(28-15)29-17-18(31)14-8-34-20(35-14)19(17)32/h5-7,9,14,17-20,31-33H,8H2,1-4H3,(H,26,28,29)/t14-,17-,18+,19+,20-/m1/s1. The molecule has 5 atom stereocenters. The smallest absolute Gasteiger partial charge is 0.223 e. The van der Waals surface area contributed by atoms with Gasteiger partial charge in [0, 0.05) is 11.6 Å². The Morgan fingerprint density at radius 2 is 1.97 bits per heavy atom. The maximum Gasteiger partial charge on any atom is 0.223 e. The highest BCUT2D eigenvalue weighted by Gasteiger charge is 2.49. The molecule has 3 aromatic rings. The van der Waals surface area contributed by atoms with Gasteiger partial charge in [-0.1, -0.05) is 11.6 Å². The number of anilines is 1. The Morgan fingerprint density at radius 3 is 2.66 bits per heavy atom. The lowest BCUT2D eigenvalue weighted by molar-refractivity contribution is -0.186. The number of hydrogen-bond acceptors (Lipinski definition) is 9. The molecule has 188 valence electrons. The van der Waals surface area contributed by atoms with Gasteiger partial charge in [-0.15, -0.1) is 0 Å². The zero-order valence-corrected chi connectivity index (χ0v) is 20.4. The lowest BCUT2D eigenvalue weighted by Gasteiger charge is -2.36. The van der Waals surface area contributed by atoms with Crippen LogP contribution in [0.4, 0.5) is 10.3 Å². The number of aliphatic hydroxyl groups excluding tert-OH is 2. The van der Waals surface area contributed by atoms with Gasteiger partial charge in [-0.05, 0) is 39.8 Å². The number of fused-ring (bicyclic) bond motifs is 3. The van der Waals surface area contributed by atoms with Crippen molar-refractivity contribution in [2.24, 2.45) is 0 Å². The molecular weight excluding hydrogens is 481 g/mol. The molecule has 10 nitrogen and oxygen atoms in total. The van der Waals surface area contributed by atoms with Crippen LogP contribution >= 0.6 is 11.6 Å². The van der Waals surface area contributed by atoms with Crippen molar-refractivity contribution in [1.29, 1.82) is 0 Å². The van der Waals surface area contributed by atoms with Crippen molar-refractivity contribution in [2.75, 3.05) is 11.9 Å². The first-order chi connectivity index (χ1) is 16.5. The predicted octanol–water partition coefficient (Wildman–Crippen LogP) is 2.35. The van der Waals surface area contributed by atoms with E-state index >= 15 is 4.39 Å². The topological polar surface area (TPSA) is 135 Å². The van der Waals surface area contributed by atoms with Gasteiger partial charge in [0.1, 0.15) is 35.3 Å². The molecule has 2 aliphatic rings. The van der Waals surface area contributed by atoms with E-state index in [1.54, 1.807) is 24.5 Å². The zero-order valence-electron chi connectivity index (χ0n) is 19.6. The lowest BCUT2D eigenvalue weighted by atomic mass is 9.98. The summed E-state index contributed by atoms with van der Waals surface area (Å²) in [5, 5.41) is 34.8. The van der Waals surface area contributed by atoms with Crippen LogP contribution in [0.25, 0.3) is 22.3 Å². The first-order valence-corrected chi connectivity index (χ1v) is 11.7. The van der Waals surface area contributed by atoms with Crippen LogP contribution in [0, 0.1) is 5.82 Å². The molecule has 2 fully saturated rings. The zero-order chi connectivity index (χ0) is 25.2. The van der Waals surface area contributed by atoms with E-state index in [1.165, 1.54) is 12.3 Å². The molecule has 2 aromatic heterocycles. The fraction of sp³-hybridized carbons (Fsp3) is 0.522. The monoisotopic (exact) mass is 507 g/mol. The van der Waals surface area contributed by atoms with Gasteiger partial charge < -0.3 is 34.7 Å². The molecule has 0 unspecified atom stereocenters. The Bertz CT molecular complexity index is 1260. The van der Waals surface area contributed by atoms with Crippen LogP contribution in [-0.4, -0.2) is 72.1 Å². The van der Waals surface area contributed by atoms with Crippen molar-refractivity contribution >= 4 is 28.6 Å². The SMILES string of the molecule is CC(C)n1c(C(C)(C)O)nc2c(F)cc(-c3nc(N[C@H]4[C@H](O)[C@@H]5OC[C@@H](O5)[C@@H]4O)ncc3Cl)cc21. The van der Waals surface area contributed by atoms with Gasteiger partial charge in [0.25, 0.3) is 0 Å². The molecule has 12 heteroatoms. The molecule has 5 rings (SSSR count). The van der Waals surface area contributed by atoms with Crippen LogP contribution in [0.3, 0.4) is 0 Å². The van der Waals surface area contributed by atoms with Crippen molar-refractivity contribution in [3.63, 3.8) is 0 Å². The van der Waals surface area contributed by atoms with Gasteiger partial charge in [0.2, 0.25) is 5.95 Å². The third-order valence-electron chi connectivity index (χ3n) is 6.25. The molecule has 4 heterocycles. The normalized spacial score (nSPS) is 26.6. The summed E-state index contributed by atoms with van der Waals surface area (Å²) in [7, 11) is 0. The molecular formula is C23H27ClFN5O5. The largest absolute Gasteiger partial charge is 0.388 e. The molecule has 2 aliphatic heterocycles. The van der Waals surface area contributed by atoms with E-state index in [4.69, 9.17) is 21.1 Å². The number of nitrogens with zero attached hydrogens (tertiary/aromatic N) is 4. The first-order valence-electron chi connectivity index (χ1n) is 11.3. The van der Waals surface area contributed by atoms with Gasteiger partial charge in [-0.2, -0.15) is 0 Å². The molecule has 1 aromatic carbocycles. The summed E-state index contributed by atoms with van der Waals surface area (Å²) in [6.07, 6.45) is -2.28. The molecule has 0 radical (unpaired) electrons. The Balaban J connectivity index is 1.56. The van der Waals surface area contributed by atoms with E-state index in [0.717, 1.165) is 0 Å². The summed E-state index contributed by atoms with van der Waals surface area (Å²) in [4.78, 5) is 13.0. The van der Waals surface area contributed by atoms with Crippen LogP contribution in [-0.2, 0) is 15.1 Å². The molecule has 0 aliphatic carbocycles. The first kappa shape index (κ1) is 24.3. The summed E-state index contributed by atoms with van der Waals surface area (Å²) in [5.74, 6) is -0.159. The highest BCUT2D eigenvalue weighted by atomic mass is 35.5. The number of nitrogens with one attached hydrogen (secondary N) is 1. The highest BCUT2D eigenvalue weighted by Crippen LogP contribution is 2.35. The number of benzene rings is 1. The number of aromatic nitrogens is 4. The lowest BCUT2D eigenvalue weighted by Crippen LogP contribution is -2.57. The van der Waals surface area contributed by atoms with Crippen LogP contribution in [0.2, 0.25) is 5.02 Å². The van der Waals surface area contributed by atoms with Crippen molar-refractivity contribution in [1.82, 2.24) is 19.5 Å². The maximum atomic E-state index is 15.2. The van der Waals surface area contributed by atoms with E-state index in [0.29, 0.717) is 16.9 Å². The Labute approximate surface area is 205 Å². The fourth-order valence-electron chi connectivity index (χ4n) is 4.60. The van der Waals surface area contributed by atoms with Crippen molar-refractivity contribution < 1.29 is 29.2 Å². The maximum absolute atomic E-state index is 15.2. The number of hydrogen-bond donors (Lipinski definition) is 4. The summed E-state index contributed by atoms with van der Waals surface area (Å²) in [6, 6.07) is 2.04. The van der Waals surface area contributed by atoms with Crippen LogP contribution in [0.5, 0.6) is 0 Å². The summed E-state index contributed by atoms with van der Waals surface area (Å²) in [5.41, 5.74) is -0.0338. The number of ether oxygens (including phenoxy) is 2. The van der Waals surface area contributed by atoms with Gasteiger partial charge in [-0.25, -0.2) is 19.3 Å². The van der Waals surface area contributed by atoms with Crippen LogP contribution < -0.4 is 5.32 Å². The second-order valence-corrected chi connectivity index (χ2v) is 10.1. The molecule has 2 bridgehead atoms. The average molecular weight is 508 g/mol. The van der Waals surface area contributed by atoms with Crippen LogP contribution in [0.15, 0.2) is 18.3 Å². The van der Waals surface area contributed by atoms with Gasteiger partial charge in [0.05, 0.1) is 35.1 Å². The molecule has 4 N–H and O–H groups in total. The third-order valence-corrected chi connectivity index (χ3v) is 6.53. The van der Waals surface area contributed by atoms with E-state index in [2.05, 4.69) is 20.3 Å². The predicted molar refractivity (Wildman–Crippen MR) is 125 cm³/mol.